The van der Waals surface area contributed by atoms with Crippen LogP contribution in [0.1, 0.15) is 33.0 Å². The summed E-state index contributed by atoms with van der Waals surface area (Å²) in [5.74, 6) is 0.752. The summed E-state index contributed by atoms with van der Waals surface area (Å²) < 4.78 is 5.67. The number of rotatable bonds is 6. The molecule has 1 saturated carbocycles. The summed E-state index contributed by atoms with van der Waals surface area (Å²) in [4.78, 5) is 20.3. The molecule has 1 aliphatic carbocycles. The summed E-state index contributed by atoms with van der Waals surface area (Å²) >= 11 is 0. The highest BCUT2D eigenvalue weighted by Gasteiger charge is 2.62. The molecular formula is C18H26N4O2. The standard InChI is InChI=1S/C18H26N4O2/c1-4-24-14-11-18(19,17(14,2)3)16(23)20-10-9-15-21-12-7-5-6-8-13(12)22-15/h5-8,14H,4,9-11,19H2,1-3H3,(H,20,23)(H,21,22). The van der Waals surface area contributed by atoms with Crippen LogP contribution in [0, 0.1) is 5.41 Å². The molecule has 2 atom stereocenters. The van der Waals surface area contributed by atoms with Gasteiger partial charge in [-0.3, -0.25) is 4.79 Å². The molecular weight excluding hydrogens is 304 g/mol. The average Bonchev–Trinajstić information content (AvgIpc) is 2.97. The zero-order valence-electron chi connectivity index (χ0n) is 14.6. The third-order valence-electron chi connectivity index (χ3n) is 5.32. The smallest absolute Gasteiger partial charge is 0.240 e. The van der Waals surface area contributed by atoms with Gasteiger partial charge in [-0.25, -0.2) is 4.98 Å². The molecule has 1 fully saturated rings. The van der Waals surface area contributed by atoms with E-state index in [0.29, 0.717) is 26.0 Å². The second-order valence-corrected chi connectivity index (χ2v) is 7.05. The van der Waals surface area contributed by atoms with Gasteiger partial charge in [0.1, 0.15) is 11.4 Å². The molecule has 1 amide bonds. The van der Waals surface area contributed by atoms with Crippen molar-refractivity contribution in [2.45, 2.75) is 45.3 Å². The molecule has 1 aromatic heterocycles. The first kappa shape index (κ1) is 16.9. The van der Waals surface area contributed by atoms with Crippen LogP contribution < -0.4 is 11.1 Å². The third-order valence-corrected chi connectivity index (χ3v) is 5.32. The van der Waals surface area contributed by atoms with Crippen molar-refractivity contribution in [2.75, 3.05) is 13.2 Å². The number of amides is 1. The lowest BCUT2D eigenvalue weighted by molar-refractivity contribution is -0.170. The van der Waals surface area contributed by atoms with Gasteiger partial charge in [-0.2, -0.15) is 0 Å². The van der Waals surface area contributed by atoms with Crippen molar-refractivity contribution in [3.05, 3.63) is 30.1 Å². The molecule has 3 rings (SSSR count). The summed E-state index contributed by atoms with van der Waals surface area (Å²) in [5.41, 5.74) is 7.07. The lowest BCUT2D eigenvalue weighted by Crippen LogP contribution is -2.75. The Balaban J connectivity index is 1.56. The van der Waals surface area contributed by atoms with Gasteiger partial charge in [0, 0.05) is 31.4 Å². The first-order valence-corrected chi connectivity index (χ1v) is 8.51. The second kappa shape index (κ2) is 6.18. The maximum atomic E-state index is 12.6. The number of nitrogens with zero attached hydrogens (tertiary/aromatic N) is 1. The van der Waals surface area contributed by atoms with E-state index in [4.69, 9.17) is 10.5 Å². The number of nitrogens with two attached hydrogens (primary N) is 1. The number of fused-ring (bicyclic) bond motifs is 1. The normalized spacial score (nSPS) is 25.4. The van der Waals surface area contributed by atoms with Crippen molar-refractivity contribution in [1.82, 2.24) is 15.3 Å². The fraction of sp³-hybridized carbons (Fsp3) is 0.556. The molecule has 0 saturated heterocycles. The van der Waals surface area contributed by atoms with Gasteiger partial charge in [-0.05, 0) is 19.1 Å². The van der Waals surface area contributed by atoms with Crippen LogP contribution in [0.3, 0.4) is 0 Å². The fourth-order valence-corrected chi connectivity index (χ4v) is 3.40. The molecule has 0 spiro atoms. The van der Waals surface area contributed by atoms with E-state index >= 15 is 0 Å². The minimum Gasteiger partial charge on any atom is -0.378 e. The lowest BCUT2D eigenvalue weighted by atomic mass is 9.54. The summed E-state index contributed by atoms with van der Waals surface area (Å²) in [5, 5.41) is 2.96. The van der Waals surface area contributed by atoms with Crippen molar-refractivity contribution in [3.63, 3.8) is 0 Å². The highest BCUT2D eigenvalue weighted by molar-refractivity contribution is 5.88. The van der Waals surface area contributed by atoms with Gasteiger partial charge in [0.25, 0.3) is 0 Å². The Kier molecular flexibility index (Phi) is 4.36. The maximum absolute atomic E-state index is 12.6. The van der Waals surface area contributed by atoms with Crippen LogP contribution in [-0.2, 0) is 16.0 Å². The largest absolute Gasteiger partial charge is 0.378 e. The Morgan fingerprint density at radius 3 is 2.88 bits per heavy atom. The minimum atomic E-state index is -0.874. The summed E-state index contributed by atoms with van der Waals surface area (Å²) in [6.45, 7) is 7.09. The summed E-state index contributed by atoms with van der Waals surface area (Å²) in [6, 6.07) is 7.88. The van der Waals surface area contributed by atoms with Gasteiger partial charge in [0.15, 0.2) is 0 Å². The zero-order chi connectivity index (χ0) is 17.4. The zero-order valence-corrected chi connectivity index (χ0v) is 14.6. The van der Waals surface area contributed by atoms with E-state index in [1.54, 1.807) is 0 Å². The van der Waals surface area contributed by atoms with Gasteiger partial charge in [0.2, 0.25) is 5.91 Å². The van der Waals surface area contributed by atoms with E-state index < -0.39 is 5.54 Å². The molecule has 0 aliphatic heterocycles. The van der Waals surface area contributed by atoms with Crippen LogP contribution >= 0.6 is 0 Å². The number of H-pyrrole nitrogens is 1. The first-order chi connectivity index (χ1) is 11.4. The van der Waals surface area contributed by atoms with E-state index in [1.165, 1.54) is 0 Å². The molecule has 24 heavy (non-hydrogen) atoms. The predicted molar refractivity (Wildman–Crippen MR) is 93.5 cm³/mol. The van der Waals surface area contributed by atoms with E-state index in [0.717, 1.165) is 16.9 Å². The Morgan fingerprint density at radius 2 is 2.21 bits per heavy atom. The van der Waals surface area contributed by atoms with Crippen LogP contribution in [0.15, 0.2) is 24.3 Å². The topological polar surface area (TPSA) is 93.0 Å². The highest BCUT2D eigenvalue weighted by atomic mass is 16.5. The Morgan fingerprint density at radius 1 is 1.46 bits per heavy atom. The number of carbonyl (C=O) groups excluding carboxylic acids is 1. The van der Waals surface area contributed by atoms with Crippen molar-refractivity contribution in [3.8, 4) is 0 Å². The summed E-state index contributed by atoms with van der Waals surface area (Å²) in [7, 11) is 0. The number of hydrogen-bond acceptors (Lipinski definition) is 4. The number of para-hydroxylation sites is 2. The molecule has 0 bridgehead atoms. The van der Waals surface area contributed by atoms with Gasteiger partial charge < -0.3 is 20.8 Å². The monoisotopic (exact) mass is 330 g/mol. The number of aromatic amines is 1. The van der Waals surface area contributed by atoms with Crippen LogP contribution in [0.5, 0.6) is 0 Å². The molecule has 1 heterocycles. The van der Waals surface area contributed by atoms with Crippen LogP contribution in [0.4, 0.5) is 0 Å². The molecule has 4 N–H and O–H groups in total. The SMILES string of the molecule is CCOC1CC(N)(C(=O)NCCc2nc3ccccc3[nH]2)C1(C)C. The van der Waals surface area contributed by atoms with Gasteiger partial charge in [-0.15, -0.1) is 0 Å². The van der Waals surface area contributed by atoms with Gasteiger partial charge in [-0.1, -0.05) is 26.0 Å². The maximum Gasteiger partial charge on any atom is 0.240 e. The predicted octanol–water partition coefficient (Wildman–Crippen LogP) is 1.75. The average molecular weight is 330 g/mol. The Bertz CT molecular complexity index is 706. The van der Waals surface area contributed by atoms with Crippen LogP contribution in [-0.4, -0.2) is 40.7 Å². The molecule has 6 heteroatoms. The number of aromatic nitrogens is 2. The molecule has 2 unspecified atom stereocenters. The Labute approximate surface area is 142 Å². The van der Waals surface area contributed by atoms with Crippen molar-refractivity contribution in [1.29, 1.82) is 0 Å². The fourth-order valence-electron chi connectivity index (χ4n) is 3.40. The number of benzene rings is 1. The van der Waals surface area contributed by atoms with E-state index in [2.05, 4.69) is 15.3 Å². The van der Waals surface area contributed by atoms with Crippen molar-refractivity contribution >= 4 is 16.9 Å². The number of imidazole rings is 1. The highest BCUT2D eigenvalue weighted by Crippen LogP contribution is 2.49. The van der Waals surface area contributed by atoms with Gasteiger partial charge in [0.05, 0.1) is 17.1 Å². The quantitative estimate of drug-likeness (QED) is 0.752. The van der Waals surface area contributed by atoms with Crippen molar-refractivity contribution in [2.24, 2.45) is 11.1 Å². The Hall–Kier alpha value is -1.92. The molecule has 6 nitrogen and oxygen atoms in total. The molecule has 0 radical (unpaired) electrons. The van der Waals surface area contributed by atoms with Gasteiger partial charge >= 0.3 is 0 Å². The van der Waals surface area contributed by atoms with Crippen molar-refractivity contribution < 1.29 is 9.53 Å². The van der Waals surface area contributed by atoms with E-state index in [9.17, 15) is 4.79 Å². The molecule has 130 valence electrons. The third kappa shape index (κ3) is 2.70. The van der Waals surface area contributed by atoms with E-state index in [1.807, 2.05) is 45.0 Å². The molecule has 2 aromatic rings. The van der Waals surface area contributed by atoms with Crippen LogP contribution in [0.25, 0.3) is 11.0 Å². The van der Waals surface area contributed by atoms with E-state index in [-0.39, 0.29) is 17.4 Å². The number of carbonyl (C=O) groups is 1. The summed E-state index contributed by atoms with van der Waals surface area (Å²) in [6.07, 6.45) is 1.24. The first-order valence-electron chi connectivity index (χ1n) is 8.51. The second-order valence-electron chi connectivity index (χ2n) is 7.05. The minimum absolute atomic E-state index is 0.0358. The number of hydrogen-bond donors (Lipinski definition) is 3. The van der Waals surface area contributed by atoms with Crippen LogP contribution in [0.2, 0.25) is 0 Å². The molecule has 1 aromatic carbocycles. The number of nitrogens with one attached hydrogen (secondary N) is 2. The number of ether oxygens (including phenoxy) is 1. The molecule has 1 aliphatic rings. The lowest BCUT2D eigenvalue weighted by Gasteiger charge is -2.57.